The molecular weight excluding hydrogens is 281 g/mol. The van der Waals surface area contributed by atoms with Crippen LogP contribution in [0.3, 0.4) is 0 Å². The summed E-state index contributed by atoms with van der Waals surface area (Å²) in [6, 6.07) is 3.70. The van der Waals surface area contributed by atoms with Crippen LogP contribution in [-0.2, 0) is 9.84 Å². The molecule has 0 spiro atoms. The lowest BCUT2D eigenvalue weighted by Gasteiger charge is -2.27. The van der Waals surface area contributed by atoms with Gasteiger partial charge >= 0.3 is 0 Å². The van der Waals surface area contributed by atoms with E-state index in [0.717, 1.165) is 0 Å². The minimum Gasteiger partial charge on any atom is -0.396 e. The molecule has 0 saturated heterocycles. The van der Waals surface area contributed by atoms with E-state index in [1.54, 1.807) is 0 Å². The van der Waals surface area contributed by atoms with Crippen molar-refractivity contribution < 1.29 is 17.9 Å². The molecule has 0 amide bonds. The molecule has 1 aliphatic rings. The Kier molecular flexibility index (Phi) is 4.78. The summed E-state index contributed by atoms with van der Waals surface area (Å²) in [4.78, 5) is 0.234. The molecule has 1 heterocycles. The molecule has 2 rings (SSSR count). The summed E-state index contributed by atoms with van der Waals surface area (Å²) < 4.78 is 37.4. The second-order valence-corrected chi connectivity index (χ2v) is 7.45. The van der Waals surface area contributed by atoms with Crippen LogP contribution in [0.4, 0.5) is 4.39 Å². The number of hydrogen-bond acceptors (Lipinski definition) is 4. The predicted molar refractivity (Wildman–Crippen MR) is 74.7 cm³/mol. The van der Waals surface area contributed by atoms with Gasteiger partial charge < -0.3 is 10.4 Å². The van der Waals surface area contributed by atoms with Gasteiger partial charge in [0.1, 0.15) is 5.82 Å². The fourth-order valence-electron chi connectivity index (χ4n) is 2.49. The van der Waals surface area contributed by atoms with Crippen molar-refractivity contribution >= 4 is 9.84 Å². The highest BCUT2D eigenvalue weighted by molar-refractivity contribution is 7.91. The molecule has 0 fully saturated rings. The van der Waals surface area contributed by atoms with Crippen LogP contribution in [0.2, 0.25) is 0 Å². The highest BCUT2D eigenvalue weighted by Gasteiger charge is 2.30. The third-order valence-electron chi connectivity index (χ3n) is 3.69. The van der Waals surface area contributed by atoms with E-state index in [1.165, 1.54) is 18.2 Å². The van der Waals surface area contributed by atoms with Gasteiger partial charge in [-0.1, -0.05) is 6.92 Å². The first-order chi connectivity index (χ1) is 9.44. The monoisotopic (exact) mass is 301 g/mol. The van der Waals surface area contributed by atoms with Gasteiger partial charge in [0.05, 0.1) is 10.6 Å². The number of benzene rings is 1. The van der Waals surface area contributed by atoms with Gasteiger partial charge in [0, 0.05) is 12.6 Å². The fourth-order valence-corrected chi connectivity index (χ4v) is 4.09. The molecule has 0 radical (unpaired) electrons. The number of rotatable bonds is 5. The molecule has 0 saturated carbocycles. The van der Waals surface area contributed by atoms with Crippen LogP contribution in [-0.4, -0.2) is 32.4 Å². The highest BCUT2D eigenvalue weighted by atomic mass is 32.2. The number of sulfone groups is 1. The standard InChI is InChI=1S/C14H20FNO3S/c1-10(4-6-17)9-16-13-5-7-20(18,19)14-3-2-11(15)8-12(13)14/h2-3,8,10,13,16-17H,4-7,9H2,1H3/t10-,13+/m0/s1. The Morgan fingerprint density at radius 2 is 2.25 bits per heavy atom. The first kappa shape index (κ1) is 15.4. The average Bonchev–Trinajstić information content (AvgIpc) is 2.38. The summed E-state index contributed by atoms with van der Waals surface area (Å²) in [6.45, 7) is 2.81. The van der Waals surface area contributed by atoms with E-state index in [1.807, 2.05) is 6.92 Å². The van der Waals surface area contributed by atoms with Gasteiger partial charge in [0.2, 0.25) is 0 Å². The van der Waals surface area contributed by atoms with E-state index >= 15 is 0 Å². The zero-order valence-electron chi connectivity index (χ0n) is 11.5. The van der Waals surface area contributed by atoms with E-state index in [4.69, 9.17) is 5.11 Å². The van der Waals surface area contributed by atoms with Gasteiger partial charge in [-0.3, -0.25) is 0 Å². The van der Waals surface area contributed by atoms with Gasteiger partial charge in [-0.15, -0.1) is 0 Å². The van der Waals surface area contributed by atoms with Crippen LogP contribution < -0.4 is 5.32 Å². The van der Waals surface area contributed by atoms with Crippen molar-refractivity contribution in [3.05, 3.63) is 29.6 Å². The van der Waals surface area contributed by atoms with Gasteiger partial charge in [-0.2, -0.15) is 0 Å². The Labute approximate surface area is 118 Å². The van der Waals surface area contributed by atoms with Gasteiger partial charge in [-0.25, -0.2) is 12.8 Å². The summed E-state index contributed by atoms with van der Waals surface area (Å²) >= 11 is 0. The molecule has 1 aromatic rings. The van der Waals surface area contributed by atoms with Gasteiger partial charge in [0.15, 0.2) is 9.84 Å². The summed E-state index contributed by atoms with van der Waals surface area (Å²) in [5, 5.41) is 12.2. The third kappa shape index (κ3) is 3.37. The molecule has 20 heavy (non-hydrogen) atoms. The second kappa shape index (κ2) is 6.20. The van der Waals surface area contributed by atoms with Crippen molar-refractivity contribution in [2.24, 2.45) is 5.92 Å². The van der Waals surface area contributed by atoms with Crippen LogP contribution in [0.5, 0.6) is 0 Å². The molecule has 2 atom stereocenters. The van der Waals surface area contributed by atoms with Crippen LogP contribution in [0.15, 0.2) is 23.1 Å². The lowest BCUT2D eigenvalue weighted by molar-refractivity contribution is 0.257. The van der Waals surface area contributed by atoms with Crippen molar-refractivity contribution in [3.63, 3.8) is 0 Å². The summed E-state index contributed by atoms with van der Waals surface area (Å²) in [5.74, 6) is -0.0517. The molecule has 0 aliphatic carbocycles. The minimum absolute atomic E-state index is 0.0810. The lowest BCUT2D eigenvalue weighted by atomic mass is 10.0. The Morgan fingerprint density at radius 3 is 2.95 bits per heavy atom. The molecule has 0 bridgehead atoms. The zero-order valence-corrected chi connectivity index (χ0v) is 12.3. The van der Waals surface area contributed by atoms with E-state index in [2.05, 4.69) is 5.32 Å². The average molecular weight is 301 g/mol. The Balaban J connectivity index is 2.19. The van der Waals surface area contributed by atoms with E-state index in [-0.39, 0.29) is 29.2 Å². The topological polar surface area (TPSA) is 66.4 Å². The maximum Gasteiger partial charge on any atom is 0.178 e. The molecule has 0 unspecified atom stereocenters. The van der Waals surface area contributed by atoms with Crippen LogP contribution >= 0.6 is 0 Å². The predicted octanol–water partition coefficient (Wildman–Crippen LogP) is 1.65. The van der Waals surface area contributed by atoms with E-state index in [9.17, 15) is 12.8 Å². The third-order valence-corrected chi connectivity index (χ3v) is 5.51. The fraction of sp³-hybridized carbons (Fsp3) is 0.571. The molecule has 112 valence electrons. The largest absolute Gasteiger partial charge is 0.396 e. The highest BCUT2D eigenvalue weighted by Crippen LogP contribution is 2.32. The molecule has 6 heteroatoms. The molecule has 1 aromatic carbocycles. The summed E-state index contributed by atoms with van der Waals surface area (Å²) in [7, 11) is -3.29. The van der Waals surface area contributed by atoms with Gasteiger partial charge in [0.25, 0.3) is 0 Å². The Hall–Kier alpha value is -0.980. The number of aliphatic hydroxyl groups excluding tert-OH is 1. The zero-order chi connectivity index (χ0) is 14.8. The SMILES string of the molecule is C[C@@H](CCO)CN[C@@H]1CCS(=O)(=O)c2ccc(F)cc21. The van der Waals surface area contributed by atoms with Crippen LogP contribution in [0, 0.1) is 11.7 Å². The first-order valence-corrected chi connectivity index (χ1v) is 8.45. The number of halogens is 1. The summed E-state index contributed by atoms with van der Waals surface area (Å²) in [5.41, 5.74) is 0.521. The van der Waals surface area contributed by atoms with E-state index < -0.39 is 15.7 Å². The summed E-state index contributed by atoms with van der Waals surface area (Å²) in [6.07, 6.45) is 1.14. The molecule has 1 aliphatic heterocycles. The Morgan fingerprint density at radius 1 is 1.50 bits per heavy atom. The first-order valence-electron chi connectivity index (χ1n) is 6.80. The van der Waals surface area contributed by atoms with Crippen molar-refractivity contribution in [2.75, 3.05) is 18.9 Å². The number of hydrogen-bond donors (Lipinski definition) is 2. The van der Waals surface area contributed by atoms with Crippen molar-refractivity contribution in [1.82, 2.24) is 5.32 Å². The molecular formula is C14H20FNO3S. The smallest absolute Gasteiger partial charge is 0.178 e. The normalized spacial score (nSPS) is 22.2. The maximum absolute atomic E-state index is 13.4. The van der Waals surface area contributed by atoms with Crippen molar-refractivity contribution in [2.45, 2.75) is 30.7 Å². The maximum atomic E-state index is 13.4. The molecule has 4 nitrogen and oxygen atoms in total. The number of nitrogens with one attached hydrogen (secondary N) is 1. The number of fused-ring (bicyclic) bond motifs is 1. The number of aliphatic hydroxyl groups is 1. The van der Waals surface area contributed by atoms with Gasteiger partial charge in [-0.05, 0) is 49.1 Å². The molecule has 2 N–H and O–H groups in total. The minimum atomic E-state index is -3.29. The quantitative estimate of drug-likeness (QED) is 0.812. The van der Waals surface area contributed by atoms with Crippen LogP contribution in [0.25, 0.3) is 0 Å². The lowest BCUT2D eigenvalue weighted by Crippen LogP contribution is -2.32. The van der Waals surface area contributed by atoms with E-state index in [0.29, 0.717) is 24.9 Å². The Bertz CT molecular complexity index is 574. The second-order valence-electron chi connectivity index (χ2n) is 5.37. The van der Waals surface area contributed by atoms with Crippen molar-refractivity contribution in [3.8, 4) is 0 Å². The van der Waals surface area contributed by atoms with Crippen molar-refractivity contribution in [1.29, 1.82) is 0 Å². The van der Waals surface area contributed by atoms with Crippen LogP contribution in [0.1, 0.15) is 31.4 Å². The molecule has 0 aromatic heterocycles.